The summed E-state index contributed by atoms with van der Waals surface area (Å²) in [5, 5.41) is 0. The van der Waals surface area contributed by atoms with Crippen LogP contribution in [-0.4, -0.2) is 47.5 Å². The molecule has 148 valence electrons. The van der Waals surface area contributed by atoms with Crippen LogP contribution < -0.4 is 4.74 Å². The lowest BCUT2D eigenvalue weighted by atomic mass is 10.1. The Morgan fingerprint density at radius 1 is 1.21 bits per heavy atom. The fourth-order valence-corrected chi connectivity index (χ4v) is 5.29. The summed E-state index contributed by atoms with van der Waals surface area (Å²) in [5.74, 6) is 1.63. The number of hydrogen-bond acceptors (Lipinski definition) is 5. The van der Waals surface area contributed by atoms with Gasteiger partial charge in [-0.15, -0.1) is 0 Å². The zero-order valence-corrected chi connectivity index (χ0v) is 16.9. The Kier molecular flexibility index (Phi) is 5.07. The lowest BCUT2D eigenvalue weighted by Gasteiger charge is -2.17. The minimum Gasteiger partial charge on any atom is -0.497 e. The summed E-state index contributed by atoms with van der Waals surface area (Å²) in [6, 6.07) is 10.4. The number of rotatable bonds is 6. The first-order valence-electron chi connectivity index (χ1n) is 9.50. The van der Waals surface area contributed by atoms with E-state index in [0.717, 1.165) is 36.4 Å². The van der Waals surface area contributed by atoms with Crippen LogP contribution in [-0.2, 0) is 16.6 Å². The lowest BCUT2D eigenvalue weighted by molar-refractivity contribution is 0.414. The molecule has 1 saturated heterocycles. The number of imidazole rings is 1. The third-order valence-electron chi connectivity index (χ3n) is 5.19. The van der Waals surface area contributed by atoms with Crippen LogP contribution in [0.4, 0.5) is 0 Å². The molecule has 1 aromatic carbocycles. The predicted octanol–water partition coefficient (Wildman–Crippen LogP) is 3.03. The molecule has 0 unspecified atom stereocenters. The van der Waals surface area contributed by atoms with E-state index in [-0.39, 0.29) is 10.8 Å². The Hall–Kier alpha value is -2.45. The van der Waals surface area contributed by atoms with Gasteiger partial charge in [-0.25, -0.2) is 18.4 Å². The van der Waals surface area contributed by atoms with Gasteiger partial charge in [0.1, 0.15) is 17.1 Å². The Bertz CT molecular complexity index is 1080. The summed E-state index contributed by atoms with van der Waals surface area (Å²) in [6.45, 7) is 3.86. The second kappa shape index (κ2) is 7.52. The predicted molar refractivity (Wildman–Crippen MR) is 107 cm³/mol. The monoisotopic (exact) mass is 400 g/mol. The van der Waals surface area contributed by atoms with Gasteiger partial charge in [0, 0.05) is 31.7 Å². The van der Waals surface area contributed by atoms with Gasteiger partial charge in [0.05, 0.1) is 12.0 Å². The quantitative estimate of drug-likeness (QED) is 0.636. The molecular weight excluding hydrogens is 376 g/mol. The number of hydrogen-bond donors (Lipinski definition) is 0. The van der Waals surface area contributed by atoms with Crippen molar-refractivity contribution in [1.82, 2.24) is 18.8 Å². The number of nitrogens with zero attached hydrogens (tertiary/aromatic N) is 4. The summed E-state index contributed by atoms with van der Waals surface area (Å²) >= 11 is 0. The van der Waals surface area contributed by atoms with Gasteiger partial charge < -0.3 is 9.30 Å². The molecule has 1 aliphatic rings. The molecule has 0 N–H and O–H groups in total. The molecule has 0 saturated carbocycles. The highest BCUT2D eigenvalue weighted by Gasteiger charge is 2.35. The first-order valence-corrected chi connectivity index (χ1v) is 10.9. The van der Waals surface area contributed by atoms with Crippen molar-refractivity contribution < 1.29 is 13.2 Å². The normalized spacial score (nSPS) is 18.0. The molecule has 8 heteroatoms. The number of aromatic nitrogens is 3. The first-order chi connectivity index (χ1) is 13.5. The van der Waals surface area contributed by atoms with Gasteiger partial charge in [-0.3, -0.25) is 0 Å². The van der Waals surface area contributed by atoms with Crippen molar-refractivity contribution in [2.45, 2.75) is 37.1 Å². The van der Waals surface area contributed by atoms with Crippen molar-refractivity contribution in [2.24, 2.45) is 0 Å². The second-order valence-corrected chi connectivity index (χ2v) is 8.93. The molecule has 0 radical (unpaired) electrons. The van der Waals surface area contributed by atoms with Crippen molar-refractivity contribution in [3.05, 3.63) is 48.4 Å². The highest BCUT2D eigenvalue weighted by atomic mass is 32.2. The molecule has 0 spiro atoms. The van der Waals surface area contributed by atoms with E-state index < -0.39 is 10.0 Å². The standard InChI is InChI=1S/C20H24N4O3S/c1-3-12-24-19(22-18-5-4-11-21-20(18)24)15-10-13-23(14-15)28(25,26)17-8-6-16(27-2)7-9-17/h4-9,11,15H,3,10,12-14H2,1-2H3/t15-/m1/s1. The van der Waals surface area contributed by atoms with E-state index in [4.69, 9.17) is 9.72 Å². The minimum absolute atomic E-state index is 0.0637. The van der Waals surface area contributed by atoms with Gasteiger partial charge >= 0.3 is 0 Å². The summed E-state index contributed by atoms with van der Waals surface area (Å²) in [7, 11) is -1.97. The summed E-state index contributed by atoms with van der Waals surface area (Å²) in [5.41, 5.74) is 1.73. The van der Waals surface area contributed by atoms with Gasteiger partial charge in [0.25, 0.3) is 0 Å². The molecule has 1 atom stereocenters. The zero-order valence-electron chi connectivity index (χ0n) is 16.1. The van der Waals surface area contributed by atoms with Gasteiger partial charge in [-0.05, 0) is 49.2 Å². The number of benzene rings is 1. The van der Waals surface area contributed by atoms with Crippen LogP contribution in [0.25, 0.3) is 11.2 Å². The Labute approximate surface area is 165 Å². The molecular formula is C20H24N4O3S. The maximum Gasteiger partial charge on any atom is 0.243 e. The molecule has 7 nitrogen and oxygen atoms in total. The van der Waals surface area contributed by atoms with Gasteiger partial charge in [-0.1, -0.05) is 6.92 Å². The van der Waals surface area contributed by atoms with Crippen LogP contribution in [0.3, 0.4) is 0 Å². The maximum atomic E-state index is 13.0. The molecule has 0 aliphatic carbocycles. The van der Waals surface area contributed by atoms with Gasteiger partial charge in [0.15, 0.2) is 5.65 Å². The van der Waals surface area contributed by atoms with E-state index in [2.05, 4.69) is 16.5 Å². The van der Waals surface area contributed by atoms with E-state index in [1.54, 1.807) is 41.9 Å². The van der Waals surface area contributed by atoms with Crippen LogP contribution in [0.1, 0.15) is 31.5 Å². The molecule has 0 amide bonds. The smallest absolute Gasteiger partial charge is 0.243 e. The highest BCUT2D eigenvalue weighted by Crippen LogP contribution is 2.32. The minimum atomic E-state index is -3.53. The molecule has 3 heterocycles. The van der Waals surface area contributed by atoms with Crippen LogP contribution >= 0.6 is 0 Å². The zero-order chi connectivity index (χ0) is 19.7. The second-order valence-electron chi connectivity index (χ2n) is 6.99. The van der Waals surface area contributed by atoms with E-state index in [1.165, 1.54) is 0 Å². The lowest BCUT2D eigenvalue weighted by Crippen LogP contribution is -2.29. The third kappa shape index (κ3) is 3.27. The third-order valence-corrected chi connectivity index (χ3v) is 7.07. The Morgan fingerprint density at radius 2 is 2.00 bits per heavy atom. The van der Waals surface area contributed by atoms with Gasteiger partial charge in [-0.2, -0.15) is 4.31 Å². The van der Waals surface area contributed by atoms with E-state index in [9.17, 15) is 8.42 Å². The molecule has 2 aromatic heterocycles. The first kappa shape index (κ1) is 18.9. The fraction of sp³-hybridized carbons (Fsp3) is 0.400. The Balaban J connectivity index is 1.62. The molecule has 1 fully saturated rings. The van der Waals surface area contributed by atoms with Crippen LogP contribution in [0.5, 0.6) is 5.75 Å². The van der Waals surface area contributed by atoms with Gasteiger partial charge in [0.2, 0.25) is 10.0 Å². The van der Waals surface area contributed by atoms with Crippen molar-refractivity contribution in [1.29, 1.82) is 0 Å². The largest absolute Gasteiger partial charge is 0.497 e. The van der Waals surface area contributed by atoms with Crippen molar-refractivity contribution in [3.63, 3.8) is 0 Å². The van der Waals surface area contributed by atoms with Crippen LogP contribution in [0.2, 0.25) is 0 Å². The van der Waals surface area contributed by atoms with Crippen molar-refractivity contribution in [3.8, 4) is 5.75 Å². The summed E-state index contributed by atoms with van der Waals surface area (Å²) in [6.07, 6.45) is 3.49. The molecule has 3 aromatic rings. The average molecular weight is 401 g/mol. The number of sulfonamides is 1. The number of methoxy groups -OCH3 is 1. The molecule has 4 rings (SSSR count). The number of pyridine rings is 1. The van der Waals surface area contributed by atoms with E-state index >= 15 is 0 Å². The van der Waals surface area contributed by atoms with E-state index in [0.29, 0.717) is 18.8 Å². The maximum absolute atomic E-state index is 13.0. The number of aryl methyl sites for hydroxylation is 1. The average Bonchev–Trinajstić information content (AvgIpc) is 3.34. The summed E-state index contributed by atoms with van der Waals surface area (Å²) < 4.78 is 34.9. The van der Waals surface area contributed by atoms with Crippen LogP contribution in [0, 0.1) is 0 Å². The topological polar surface area (TPSA) is 77.3 Å². The van der Waals surface area contributed by atoms with Crippen molar-refractivity contribution >= 4 is 21.2 Å². The van der Waals surface area contributed by atoms with Crippen LogP contribution in [0.15, 0.2) is 47.5 Å². The fourth-order valence-electron chi connectivity index (χ4n) is 3.79. The highest BCUT2D eigenvalue weighted by molar-refractivity contribution is 7.89. The number of fused-ring (bicyclic) bond motifs is 1. The molecule has 0 bridgehead atoms. The SMILES string of the molecule is CCCn1c([C@@H]2CCN(S(=O)(=O)c3ccc(OC)cc3)C2)nc2cccnc21. The number of ether oxygens (including phenoxy) is 1. The molecule has 1 aliphatic heterocycles. The summed E-state index contributed by atoms with van der Waals surface area (Å²) in [4.78, 5) is 9.56. The van der Waals surface area contributed by atoms with Crippen molar-refractivity contribution in [2.75, 3.05) is 20.2 Å². The van der Waals surface area contributed by atoms with E-state index in [1.807, 2.05) is 12.1 Å². The Morgan fingerprint density at radius 3 is 2.71 bits per heavy atom. The molecule has 28 heavy (non-hydrogen) atoms.